The van der Waals surface area contributed by atoms with Crippen molar-refractivity contribution in [3.8, 4) is 34.0 Å². The number of aryl methyl sites for hydroxylation is 2. The van der Waals surface area contributed by atoms with E-state index in [-0.39, 0.29) is 44.2 Å². The van der Waals surface area contributed by atoms with Gasteiger partial charge in [-0.15, -0.1) is 0 Å². The van der Waals surface area contributed by atoms with Gasteiger partial charge in [0.1, 0.15) is 9.79 Å². The Morgan fingerprint density at radius 1 is 0.448 bits per heavy atom. The van der Waals surface area contributed by atoms with E-state index in [4.69, 9.17) is 8.37 Å². The molecule has 4 heterocycles. The van der Waals surface area contributed by atoms with Crippen LogP contribution in [-0.4, -0.2) is 48.3 Å². The van der Waals surface area contributed by atoms with Gasteiger partial charge in [0.25, 0.3) is 0 Å². The van der Waals surface area contributed by atoms with Crippen LogP contribution in [0.1, 0.15) is 43.0 Å². The molecule has 58 heavy (non-hydrogen) atoms. The summed E-state index contributed by atoms with van der Waals surface area (Å²) in [4.78, 5) is 43.0. The Hall–Kier alpha value is -7.16. The maximum atomic E-state index is 13.1. The fraction of sp³-hybridized carbons (Fsp3) is 0.0455. The minimum absolute atomic E-state index is 0.00330. The summed E-state index contributed by atoms with van der Waals surface area (Å²) in [5, 5.41) is 1.49. The summed E-state index contributed by atoms with van der Waals surface area (Å²) < 4.78 is 62.2. The molecule has 0 unspecified atom stereocenters. The van der Waals surface area contributed by atoms with Crippen molar-refractivity contribution in [2.75, 3.05) is 0 Å². The molecule has 0 atom stereocenters. The summed E-state index contributed by atoms with van der Waals surface area (Å²) >= 11 is 0. The Bertz CT molecular complexity index is 3040. The Morgan fingerprint density at radius 2 is 0.862 bits per heavy atom. The van der Waals surface area contributed by atoms with Crippen molar-refractivity contribution in [2.45, 2.75) is 23.6 Å². The Balaban J connectivity index is 0.000000150. The van der Waals surface area contributed by atoms with Crippen molar-refractivity contribution in [1.82, 2.24) is 19.9 Å². The van der Waals surface area contributed by atoms with Crippen LogP contribution in [0.3, 0.4) is 0 Å². The van der Waals surface area contributed by atoms with Crippen molar-refractivity contribution < 1.29 is 34.8 Å². The van der Waals surface area contributed by atoms with Crippen molar-refractivity contribution in [2.24, 2.45) is 0 Å². The number of hydrogen-bond acceptors (Lipinski definition) is 12. The number of fused-ring (bicyclic) bond motifs is 10. The van der Waals surface area contributed by atoms with Crippen molar-refractivity contribution in [3.05, 3.63) is 167 Å². The molecule has 2 aliphatic rings. The van der Waals surface area contributed by atoms with Gasteiger partial charge >= 0.3 is 20.2 Å². The first-order valence-corrected chi connectivity index (χ1v) is 20.6. The molecular formula is C44H28N4O8S2. The lowest BCUT2D eigenvalue weighted by atomic mass is 10.0. The monoisotopic (exact) mass is 804 g/mol. The first-order valence-electron chi connectivity index (χ1n) is 17.8. The number of carbonyl (C=O) groups is 2. The highest BCUT2D eigenvalue weighted by atomic mass is 32.2. The maximum absolute atomic E-state index is 13.1. The average molecular weight is 805 g/mol. The summed E-state index contributed by atoms with van der Waals surface area (Å²) in [6.45, 7) is 3.72. The van der Waals surface area contributed by atoms with Crippen LogP contribution >= 0.6 is 0 Å². The zero-order valence-corrected chi connectivity index (χ0v) is 32.2. The molecule has 0 saturated heterocycles. The molecule has 0 saturated carbocycles. The second kappa shape index (κ2) is 13.8. The standard InChI is InChI=1S/2C22H14N2O4S/c1-13-6-8-14(9-7-13)29(26,27)28-22-20-19(16-4-2-3-5-18(16)24-22)17-12-23-11-10-15(17)21(20)25;1-13-6-8-14(9-7-13)29(26,27)28-22-20-19(16-4-2-3-5-18(16)24-22)15-10-11-23-12-17(15)21(20)25/h2*2-12H,1H3. The number of ketones is 2. The topological polar surface area (TPSA) is 172 Å². The third kappa shape index (κ3) is 6.15. The van der Waals surface area contributed by atoms with Gasteiger partial charge in [-0.1, -0.05) is 71.8 Å². The predicted molar refractivity (Wildman–Crippen MR) is 215 cm³/mol. The largest absolute Gasteiger partial charge is 0.357 e. The minimum Gasteiger partial charge on any atom is -0.357 e. The van der Waals surface area contributed by atoms with Crippen LogP contribution in [-0.2, 0) is 20.2 Å². The fourth-order valence-electron chi connectivity index (χ4n) is 7.05. The van der Waals surface area contributed by atoms with E-state index in [9.17, 15) is 26.4 Å². The van der Waals surface area contributed by atoms with Crippen LogP contribution in [0.15, 0.2) is 144 Å². The van der Waals surface area contributed by atoms with E-state index in [0.717, 1.165) is 21.9 Å². The molecule has 8 aromatic rings. The van der Waals surface area contributed by atoms with Crippen LogP contribution in [0.2, 0.25) is 0 Å². The summed E-state index contributed by atoms with van der Waals surface area (Å²) in [5.41, 5.74) is 6.60. The normalized spacial score (nSPS) is 12.7. The molecule has 0 fully saturated rings. The zero-order chi connectivity index (χ0) is 40.3. The van der Waals surface area contributed by atoms with Gasteiger partial charge < -0.3 is 8.37 Å². The second-order valence-electron chi connectivity index (χ2n) is 13.6. The lowest BCUT2D eigenvalue weighted by Gasteiger charge is -2.12. The van der Waals surface area contributed by atoms with Gasteiger partial charge in [0, 0.05) is 63.4 Å². The number of hydrogen-bond donors (Lipinski definition) is 0. The number of benzene rings is 4. The Morgan fingerprint density at radius 3 is 1.36 bits per heavy atom. The number of aromatic nitrogens is 4. The van der Waals surface area contributed by atoms with Crippen LogP contribution in [0.5, 0.6) is 11.8 Å². The predicted octanol–water partition coefficient (Wildman–Crippen LogP) is 7.83. The Labute approximate surface area is 332 Å². The summed E-state index contributed by atoms with van der Waals surface area (Å²) in [6, 6.07) is 30.4. The third-order valence-corrected chi connectivity index (χ3v) is 12.3. The zero-order valence-electron chi connectivity index (χ0n) is 30.6. The SMILES string of the molecule is Cc1ccc(S(=O)(=O)Oc2nc3ccccc3c3c2C(=O)c2ccncc2-3)cc1.Cc1ccc(S(=O)(=O)Oc2nc3ccccc3c3c2C(=O)c2cnccc2-3)cc1. The lowest BCUT2D eigenvalue weighted by Crippen LogP contribution is -2.13. The number of carbonyl (C=O) groups excluding carboxylic acids is 2. The first-order chi connectivity index (χ1) is 27.9. The van der Waals surface area contributed by atoms with Crippen molar-refractivity contribution in [1.29, 1.82) is 0 Å². The highest BCUT2D eigenvalue weighted by Gasteiger charge is 2.36. The minimum atomic E-state index is -4.16. The molecule has 4 aromatic heterocycles. The molecule has 0 N–H and O–H groups in total. The van der Waals surface area contributed by atoms with Gasteiger partial charge in [0.05, 0.1) is 22.2 Å². The molecule has 284 valence electrons. The first kappa shape index (κ1) is 36.5. The molecule has 0 spiro atoms. The van der Waals surface area contributed by atoms with Crippen LogP contribution in [0.4, 0.5) is 0 Å². The van der Waals surface area contributed by atoms with Gasteiger partial charge in [-0.05, 0) is 67.9 Å². The fourth-order valence-corrected chi connectivity index (χ4v) is 8.84. The molecule has 12 nitrogen and oxygen atoms in total. The average Bonchev–Trinajstić information content (AvgIpc) is 3.70. The van der Waals surface area contributed by atoms with E-state index in [0.29, 0.717) is 44.4 Å². The van der Waals surface area contributed by atoms with Gasteiger partial charge in [-0.2, -0.15) is 16.8 Å². The second-order valence-corrected chi connectivity index (χ2v) is 16.7. The highest BCUT2D eigenvalue weighted by Crippen LogP contribution is 2.46. The summed E-state index contributed by atoms with van der Waals surface area (Å²) in [7, 11) is -8.32. The summed E-state index contributed by atoms with van der Waals surface area (Å²) in [5.74, 6) is -1.12. The molecule has 10 rings (SSSR count). The molecule has 0 amide bonds. The molecule has 0 bridgehead atoms. The molecule has 2 aliphatic carbocycles. The maximum Gasteiger partial charge on any atom is 0.340 e. The van der Waals surface area contributed by atoms with Gasteiger partial charge in [0.15, 0.2) is 5.78 Å². The van der Waals surface area contributed by atoms with E-state index in [2.05, 4.69) is 19.9 Å². The molecule has 0 aliphatic heterocycles. The van der Waals surface area contributed by atoms with E-state index >= 15 is 0 Å². The van der Waals surface area contributed by atoms with Crippen LogP contribution in [0.25, 0.3) is 44.1 Å². The summed E-state index contributed by atoms with van der Waals surface area (Å²) in [6.07, 6.45) is 6.20. The third-order valence-electron chi connectivity index (χ3n) is 9.84. The van der Waals surface area contributed by atoms with E-state index < -0.39 is 20.2 Å². The number of pyridine rings is 4. The Kier molecular flexibility index (Phi) is 8.67. The molecule has 0 radical (unpaired) electrons. The molecule has 4 aromatic carbocycles. The van der Waals surface area contributed by atoms with Crippen LogP contribution in [0, 0.1) is 13.8 Å². The lowest BCUT2D eigenvalue weighted by molar-refractivity contribution is 0.103. The molecule has 14 heteroatoms. The van der Waals surface area contributed by atoms with Gasteiger partial charge in [-0.25, -0.2) is 9.97 Å². The van der Waals surface area contributed by atoms with E-state index in [1.807, 2.05) is 38.1 Å². The van der Waals surface area contributed by atoms with E-state index in [1.165, 1.54) is 36.7 Å². The quantitative estimate of drug-likeness (QED) is 0.149. The van der Waals surface area contributed by atoms with Gasteiger partial charge in [-0.3, -0.25) is 19.6 Å². The molecular weight excluding hydrogens is 777 g/mol. The van der Waals surface area contributed by atoms with Crippen molar-refractivity contribution >= 4 is 53.6 Å². The highest BCUT2D eigenvalue weighted by molar-refractivity contribution is 7.87. The smallest absolute Gasteiger partial charge is 0.340 e. The van der Waals surface area contributed by atoms with Crippen molar-refractivity contribution in [3.63, 3.8) is 0 Å². The number of para-hydroxylation sites is 2. The van der Waals surface area contributed by atoms with Crippen LogP contribution < -0.4 is 8.37 Å². The number of nitrogens with zero attached hydrogens (tertiary/aromatic N) is 4. The number of rotatable bonds is 6. The van der Waals surface area contributed by atoms with E-state index in [1.54, 1.807) is 73.1 Å². The van der Waals surface area contributed by atoms with Gasteiger partial charge in [0.2, 0.25) is 17.5 Å².